The van der Waals surface area contributed by atoms with Gasteiger partial charge in [-0.25, -0.2) is 5.01 Å². The number of benzene rings is 1. The fraction of sp³-hybridized carbons (Fsp3) is 0.154. The lowest BCUT2D eigenvalue weighted by molar-refractivity contribution is 0.112. The third-order valence-electron chi connectivity index (χ3n) is 2.07. The second-order valence-corrected chi connectivity index (χ2v) is 3.30. The van der Waals surface area contributed by atoms with Gasteiger partial charge < -0.3 is 5.43 Å². The van der Waals surface area contributed by atoms with Gasteiger partial charge in [-0.2, -0.15) is 0 Å². The Hall–Kier alpha value is -1.87. The highest BCUT2D eigenvalue weighted by Crippen LogP contribution is 2.13. The van der Waals surface area contributed by atoms with E-state index in [0.29, 0.717) is 18.7 Å². The zero-order chi connectivity index (χ0) is 11.8. The topological polar surface area (TPSA) is 32.3 Å². The molecule has 0 aromatic heterocycles. The Labute approximate surface area is 96.0 Å². The maximum Gasteiger partial charge on any atom is 0.152 e. The minimum atomic E-state index is 0.639. The lowest BCUT2D eigenvalue weighted by atomic mass is 10.2. The molecule has 3 nitrogen and oxygen atoms in total. The molecule has 1 aromatic carbocycles. The van der Waals surface area contributed by atoms with Crippen molar-refractivity contribution in [3.8, 4) is 0 Å². The molecule has 3 heteroatoms. The Bertz CT molecular complexity index is 364. The van der Waals surface area contributed by atoms with Crippen LogP contribution in [0.25, 0.3) is 0 Å². The number of hydrogen-bond acceptors (Lipinski definition) is 3. The van der Waals surface area contributed by atoms with Crippen molar-refractivity contribution >= 4 is 12.0 Å². The number of nitrogens with zero attached hydrogens (tertiary/aromatic N) is 1. The van der Waals surface area contributed by atoms with Gasteiger partial charge >= 0.3 is 0 Å². The third-order valence-corrected chi connectivity index (χ3v) is 2.07. The average Bonchev–Trinajstić information content (AvgIpc) is 2.30. The molecule has 0 fully saturated rings. The summed E-state index contributed by atoms with van der Waals surface area (Å²) < 4.78 is 0. The van der Waals surface area contributed by atoms with Gasteiger partial charge in [0.25, 0.3) is 0 Å². The molecule has 0 heterocycles. The van der Waals surface area contributed by atoms with Crippen LogP contribution < -0.4 is 5.43 Å². The van der Waals surface area contributed by atoms with Crippen molar-refractivity contribution in [3.05, 3.63) is 55.1 Å². The van der Waals surface area contributed by atoms with E-state index in [-0.39, 0.29) is 0 Å². The van der Waals surface area contributed by atoms with Crippen molar-refractivity contribution in [1.29, 1.82) is 0 Å². The van der Waals surface area contributed by atoms with E-state index in [9.17, 15) is 4.79 Å². The number of carbonyl (C=O) groups is 1. The Kier molecular flexibility index (Phi) is 5.02. The fourth-order valence-electron chi connectivity index (χ4n) is 1.35. The molecular formula is C13H16N2O. The van der Waals surface area contributed by atoms with Crippen LogP contribution in [-0.2, 0) is 0 Å². The minimum Gasteiger partial charge on any atom is -0.318 e. The van der Waals surface area contributed by atoms with Crippen molar-refractivity contribution in [1.82, 2.24) is 5.01 Å². The number of carbonyl (C=O) groups excluding carboxylic acids is 1. The van der Waals surface area contributed by atoms with Gasteiger partial charge in [0.05, 0.1) is 5.69 Å². The lowest BCUT2D eigenvalue weighted by Crippen LogP contribution is -2.30. The zero-order valence-corrected chi connectivity index (χ0v) is 9.23. The predicted octanol–water partition coefficient (Wildman–Crippen LogP) is 2.50. The molecule has 0 spiro atoms. The first kappa shape index (κ1) is 12.2. The number of nitrogens with one attached hydrogen (secondary N) is 1. The number of hydrogen-bond donors (Lipinski definition) is 1. The molecule has 0 saturated heterocycles. The van der Waals surface area contributed by atoms with Gasteiger partial charge in [-0.3, -0.25) is 4.79 Å². The summed E-state index contributed by atoms with van der Waals surface area (Å²) in [4.78, 5) is 10.8. The van der Waals surface area contributed by atoms with E-state index in [1.165, 1.54) is 0 Å². The molecule has 84 valence electrons. The van der Waals surface area contributed by atoms with Crippen LogP contribution in [0.4, 0.5) is 5.69 Å². The van der Waals surface area contributed by atoms with Crippen LogP contribution in [-0.4, -0.2) is 24.4 Å². The van der Waals surface area contributed by atoms with Crippen molar-refractivity contribution in [2.45, 2.75) is 0 Å². The Morgan fingerprint density at radius 1 is 1.19 bits per heavy atom. The van der Waals surface area contributed by atoms with E-state index in [2.05, 4.69) is 18.6 Å². The van der Waals surface area contributed by atoms with Crippen LogP contribution >= 0.6 is 0 Å². The highest BCUT2D eigenvalue weighted by atomic mass is 16.1. The first-order valence-electron chi connectivity index (χ1n) is 5.09. The van der Waals surface area contributed by atoms with Crippen molar-refractivity contribution in [2.24, 2.45) is 0 Å². The van der Waals surface area contributed by atoms with E-state index in [1.807, 2.05) is 23.2 Å². The molecule has 16 heavy (non-hydrogen) atoms. The van der Waals surface area contributed by atoms with Crippen LogP contribution in [0.15, 0.2) is 49.6 Å². The summed E-state index contributed by atoms with van der Waals surface area (Å²) >= 11 is 0. The Balaban J connectivity index is 2.78. The fourth-order valence-corrected chi connectivity index (χ4v) is 1.35. The zero-order valence-electron chi connectivity index (χ0n) is 9.23. The SMILES string of the molecule is C=CCN(CC=C)Nc1ccccc1C=O. The quantitative estimate of drug-likeness (QED) is 0.432. The number of anilines is 1. The molecule has 0 aliphatic heterocycles. The van der Waals surface area contributed by atoms with Crippen molar-refractivity contribution < 1.29 is 4.79 Å². The summed E-state index contributed by atoms with van der Waals surface area (Å²) in [6, 6.07) is 7.35. The van der Waals surface area contributed by atoms with E-state index in [0.717, 1.165) is 12.0 Å². The number of hydrazine groups is 1. The van der Waals surface area contributed by atoms with Crippen LogP contribution in [0.3, 0.4) is 0 Å². The Morgan fingerprint density at radius 3 is 2.38 bits per heavy atom. The van der Waals surface area contributed by atoms with Gasteiger partial charge in [0.2, 0.25) is 0 Å². The van der Waals surface area contributed by atoms with E-state index in [1.54, 1.807) is 18.2 Å². The highest BCUT2D eigenvalue weighted by Gasteiger charge is 2.04. The molecule has 0 aliphatic carbocycles. The predicted molar refractivity (Wildman–Crippen MR) is 67.4 cm³/mol. The molecule has 0 amide bonds. The molecule has 1 rings (SSSR count). The summed E-state index contributed by atoms with van der Waals surface area (Å²) in [5.41, 5.74) is 4.59. The lowest BCUT2D eigenvalue weighted by Gasteiger charge is -2.22. The highest BCUT2D eigenvalue weighted by molar-refractivity contribution is 5.83. The molecule has 0 aliphatic rings. The minimum absolute atomic E-state index is 0.639. The van der Waals surface area contributed by atoms with E-state index in [4.69, 9.17) is 0 Å². The average molecular weight is 216 g/mol. The maximum absolute atomic E-state index is 10.8. The summed E-state index contributed by atoms with van der Waals surface area (Å²) in [5, 5.41) is 1.92. The van der Waals surface area contributed by atoms with Gasteiger partial charge in [-0.05, 0) is 12.1 Å². The summed E-state index contributed by atoms with van der Waals surface area (Å²) in [6.45, 7) is 8.72. The normalized spacial score (nSPS) is 9.81. The maximum atomic E-state index is 10.8. The summed E-state index contributed by atoms with van der Waals surface area (Å²) in [6.07, 6.45) is 4.42. The number of rotatable bonds is 7. The first-order valence-corrected chi connectivity index (χ1v) is 5.09. The molecule has 0 unspecified atom stereocenters. The van der Waals surface area contributed by atoms with Gasteiger partial charge in [0.1, 0.15) is 0 Å². The Morgan fingerprint density at radius 2 is 1.81 bits per heavy atom. The third kappa shape index (κ3) is 3.37. The standard InChI is InChI=1S/C13H16N2O/c1-3-9-15(10-4-2)14-13-8-6-5-7-12(13)11-16/h3-8,11,14H,1-2,9-10H2. The van der Waals surface area contributed by atoms with Crippen molar-refractivity contribution in [3.63, 3.8) is 0 Å². The summed E-state index contributed by atoms with van der Waals surface area (Å²) in [5.74, 6) is 0. The molecule has 0 saturated carbocycles. The molecule has 0 bridgehead atoms. The molecule has 0 radical (unpaired) electrons. The second kappa shape index (κ2) is 6.58. The van der Waals surface area contributed by atoms with E-state index < -0.39 is 0 Å². The monoisotopic (exact) mass is 216 g/mol. The van der Waals surface area contributed by atoms with Crippen LogP contribution in [0, 0.1) is 0 Å². The first-order chi connectivity index (χ1) is 7.81. The largest absolute Gasteiger partial charge is 0.318 e. The van der Waals surface area contributed by atoms with Crippen molar-refractivity contribution in [2.75, 3.05) is 18.5 Å². The van der Waals surface area contributed by atoms with Crippen LogP contribution in [0.5, 0.6) is 0 Å². The van der Waals surface area contributed by atoms with Crippen LogP contribution in [0.2, 0.25) is 0 Å². The van der Waals surface area contributed by atoms with Gasteiger partial charge in [0, 0.05) is 18.7 Å². The molecule has 0 atom stereocenters. The van der Waals surface area contributed by atoms with E-state index >= 15 is 0 Å². The smallest absolute Gasteiger partial charge is 0.152 e. The van der Waals surface area contributed by atoms with Gasteiger partial charge in [-0.15, -0.1) is 13.2 Å². The molecule has 1 N–H and O–H groups in total. The number of aldehydes is 1. The number of para-hydroxylation sites is 1. The van der Waals surface area contributed by atoms with Gasteiger partial charge in [0.15, 0.2) is 6.29 Å². The molecular weight excluding hydrogens is 200 g/mol. The molecule has 1 aromatic rings. The summed E-state index contributed by atoms with van der Waals surface area (Å²) in [7, 11) is 0. The van der Waals surface area contributed by atoms with Gasteiger partial charge in [-0.1, -0.05) is 24.3 Å². The van der Waals surface area contributed by atoms with Crippen LogP contribution in [0.1, 0.15) is 10.4 Å². The second-order valence-electron chi connectivity index (χ2n) is 3.30.